The highest BCUT2D eigenvalue weighted by atomic mass is 35.5. The molecule has 24 heavy (non-hydrogen) atoms. The van der Waals surface area contributed by atoms with Gasteiger partial charge in [0.15, 0.2) is 11.5 Å². The first-order chi connectivity index (χ1) is 11.6. The van der Waals surface area contributed by atoms with Crippen molar-refractivity contribution in [3.8, 4) is 11.5 Å². The van der Waals surface area contributed by atoms with Crippen LogP contribution in [0.1, 0.15) is 12.5 Å². The molecule has 4 nitrogen and oxygen atoms in total. The summed E-state index contributed by atoms with van der Waals surface area (Å²) in [5.74, 6) is 1.05. The van der Waals surface area contributed by atoms with Crippen LogP contribution in [0.15, 0.2) is 42.0 Å². The summed E-state index contributed by atoms with van der Waals surface area (Å²) in [4.78, 5) is 12.4. The van der Waals surface area contributed by atoms with E-state index < -0.39 is 0 Å². The van der Waals surface area contributed by atoms with Crippen LogP contribution < -0.4 is 14.8 Å². The maximum atomic E-state index is 12.4. The molecule has 2 aromatic rings. The number of carbonyl (C=O) groups excluding carboxylic acids is 1. The SMILES string of the molecule is CCOc1cccc2c1OCC(C(=O)Nc1ccc(Cl)cc1Cl)=C2. The lowest BCUT2D eigenvalue weighted by atomic mass is 10.1. The summed E-state index contributed by atoms with van der Waals surface area (Å²) < 4.78 is 11.3. The van der Waals surface area contributed by atoms with Crippen LogP contribution in [0.2, 0.25) is 10.0 Å². The van der Waals surface area contributed by atoms with Gasteiger partial charge in [-0.25, -0.2) is 0 Å². The third-order valence-electron chi connectivity index (χ3n) is 3.48. The van der Waals surface area contributed by atoms with Crippen LogP contribution in [0.5, 0.6) is 11.5 Å². The molecule has 0 atom stereocenters. The predicted octanol–water partition coefficient (Wildman–Crippen LogP) is 4.81. The number of hydrogen-bond acceptors (Lipinski definition) is 3. The second-order valence-corrected chi connectivity index (χ2v) is 5.99. The third kappa shape index (κ3) is 3.50. The fraction of sp³-hybridized carbons (Fsp3) is 0.167. The monoisotopic (exact) mass is 363 g/mol. The summed E-state index contributed by atoms with van der Waals surface area (Å²) in [5, 5.41) is 3.66. The lowest BCUT2D eigenvalue weighted by Gasteiger charge is -2.20. The van der Waals surface area contributed by atoms with Gasteiger partial charge in [-0.1, -0.05) is 35.3 Å². The van der Waals surface area contributed by atoms with E-state index in [4.69, 9.17) is 32.7 Å². The zero-order chi connectivity index (χ0) is 17.1. The van der Waals surface area contributed by atoms with Crippen molar-refractivity contribution in [1.29, 1.82) is 0 Å². The Balaban J connectivity index is 1.83. The van der Waals surface area contributed by atoms with Crippen molar-refractivity contribution in [3.63, 3.8) is 0 Å². The van der Waals surface area contributed by atoms with Crippen LogP contribution in [0, 0.1) is 0 Å². The Morgan fingerprint density at radius 3 is 2.88 bits per heavy atom. The molecule has 6 heteroatoms. The van der Waals surface area contributed by atoms with Crippen LogP contribution in [0.3, 0.4) is 0 Å². The molecule has 0 saturated carbocycles. The average Bonchev–Trinajstić information content (AvgIpc) is 2.57. The zero-order valence-corrected chi connectivity index (χ0v) is 14.4. The van der Waals surface area contributed by atoms with E-state index in [1.165, 1.54) is 0 Å². The van der Waals surface area contributed by atoms with Gasteiger partial charge >= 0.3 is 0 Å². The Morgan fingerprint density at radius 2 is 2.12 bits per heavy atom. The molecule has 124 valence electrons. The topological polar surface area (TPSA) is 47.6 Å². The van der Waals surface area contributed by atoms with E-state index in [1.807, 2.05) is 25.1 Å². The molecule has 0 radical (unpaired) electrons. The van der Waals surface area contributed by atoms with E-state index in [2.05, 4.69) is 5.32 Å². The highest BCUT2D eigenvalue weighted by Gasteiger charge is 2.20. The van der Waals surface area contributed by atoms with E-state index >= 15 is 0 Å². The van der Waals surface area contributed by atoms with Crippen LogP contribution in [0.4, 0.5) is 5.69 Å². The van der Waals surface area contributed by atoms with Gasteiger partial charge in [-0.3, -0.25) is 4.79 Å². The second kappa shape index (κ2) is 7.16. The number of hydrogen-bond donors (Lipinski definition) is 1. The Labute approximate surface area is 150 Å². The minimum absolute atomic E-state index is 0.161. The predicted molar refractivity (Wildman–Crippen MR) is 96.2 cm³/mol. The van der Waals surface area contributed by atoms with Crippen LogP contribution in [0.25, 0.3) is 6.08 Å². The van der Waals surface area contributed by atoms with Crippen molar-refractivity contribution in [3.05, 3.63) is 57.6 Å². The smallest absolute Gasteiger partial charge is 0.255 e. The van der Waals surface area contributed by atoms with Crippen molar-refractivity contribution in [2.24, 2.45) is 0 Å². The largest absolute Gasteiger partial charge is 0.490 e. The van der Waals surface area contributed by atoms with Crippen LogP contribution in [-0.2, 0) is 4.79 Å². The Kier molecular flexibility index (Phi) is 4.97. The van der Waals surface area contributed by atoms with Gasteiger partial charge in [0, 0.05) is 10.6 Å². The minimum Gasteiger partial charge on any atom is -0.490 e. The van der Waals surface area contributed by atoms with Crippen molar-refractivity contribution in [2.75, 3.05) is 18.5 Å². The van der Waals surface area contributed by atoms with Gasteiger partial charge in [0.05, 0.1) is 22.9 Å². The van der Waals surface area contributed by atoms with Crippen LogP contribution >= 0.6 is 23.2 Å². The molecule has 0 bridgehead atoms. The summed E-state index contributed by atoms with van der Waals surface area (Å²) in [6, 6.07) is 10.5. The molecule has 2 aromatic carbocycles. The first kappa shape index (κ1) is 16.7. The number of ether oxygens (including phenoxy) is 2. The Hall–Kier alpha value is -2.17. The van der Waals surface area contributed by atoms with Crippen molar-refractivity contribution in [2.45, 2.75) is 6.92 Å². The third-order valence-corrected chi connectivity index (χ3v) is 4.03. The van der Waals surface area contributed by atoms with Gasteiger partial charge in [0.2, 0.25) is 0 Å². The Morgan fingerprint density at radius 1 is 1.29 bits per heavy atom. The molecule has 0 spiro atoms. The van der Waals surface area contributed by atoms with Crippen molar-refractivity contribution < 1.29 is 14.3 Å². The molecule has 3 rings (SSSR count). The summed E-state index contributed by atoms with van der Waals surface area (Å²) in [7, 11) is 0. The molecule has 0 aliphatic carbocycles. The second-order valence-electron chi connectivity index (χ2n) is 5.14. The number of halogens is 2. The maximum absolute atomic E-state index is 12.4. The van der Waals surface area contributed by atoms with E-state index in [0.29, 0.717) is 39.4 Å². The molecule has 1 aliphatic heterocycles. The summed E-state index contributed by atoms with van der Waals surface area (Å²) in [6.45, 7) is 2.62. The highest BCUT2D eigenvalue weighted by Crippen LogP contribution is 2.36. The minimum atomic E-state index is -0.272. The quantitative estimate of drug-likeness (QED) is 0.847. The van der Waals surface area contributed by atoms with Gasteiger partial charge in [-0.2, -0.15) is 0 Å². The van der Waals surface area contributed by atoms with Gasteiger partial charge in [0.1, 0.15) is 6.61 Å². The molecule has 1 N–H and O–H groups in total. The number of rotatable bonds is 4. The standard InChI is InChI=1S/C18H15Cl2NO3/c1-2-23-16-5-3-4-11-8-12(10-24-17(11)16)18(22)21-15-7-6-13(19)9-14(15)20/h3-9H,2,10H2,1H3,(H,21,22). The Bertz CT molecular complexity index is 818. The number of anilines is 1. The lowest BCUT2D eigenvalue weighted by Crippen LogP contribution is -2.21. The maximum Gasteiger partial charge on any atom is 0.255 e. The normalized spacial score (nSPS) is 12.7. The highest BCUT2D eigenvalue weighted by molar-refractivity contribution is 6.36. The average molecular weight is 364 g/mol. The van der Waals surface area contributed by atoms with Gasteiger partial charge in [-0.15, -0.1) is 0 Å². The number of amides is 1. The number of carbonyl (C=O) groups is 1. The van der Waals surface area contributed by atoms with E-state index in [-0.39, 0.29) is 12.5 Å². The summed E-state index contributed by atoms with van der Waals surface area (Å²) in [6.07, 6.45) is 1.79. The number of nitrogens with one attached hydrogen (secondary N) is 1. The van der Waals surface area contributed by atoms with E-state index in [0.717, 1.165) is 5.56 Å². The van der Waals surface area contributed by atoms with E-state index in [9.17, 15) is 4.79 Å². The molecular weight excluding hydrogens is 349 g/mol. The molecule has 1 heterocycles. The molecule has 0 fully saturated rings. The van der Waals surface area contributed by atoms with Crippen LogP contribution in [-0.4, -0.2) is 19.1 Å². The van der Waals surface area contributed by atoms with E-state index in [1.54, 1.807) is 24.3 Å². The molecular formula is C18H15Cl2NO3. The first-order valence-corrected chi connectivity index (χ1v) is 8.19. The van der Waals surface area contributed by atoms with Crippen molar-refractivity contribution >= 4 is 40.9 Å². The van der Waals surface area contributed by atoms with Gasteiger partial charge in [0.25, 0.3) is 5.91 Å². The fourth-order valence-corrected chi connectivity index (χ4v) is 2.83. The molecule has 1 amide bonds. The molecule has 0 saturated heterocycles. The zero-order valence-electron chi connectivity index (χ0n) is 12.9. The fourth-order valence-electron chi connectivity index (χ4n) is 2.37. The number of fused-ring (bicyclic) bond motifs is 1. The number of para-hydroxylation sites is 1. The molecule has 0 unspecified atom stereocenters. The van der Waals surface area contributed by atoms with Crippen molar-refractivity contribution in [1.82, 2.24) is 0 Å². The molecule has 0 aromatic heterocycles. The molecule has 1 aliphatic rings. The first-order valence-electron chi connectivity index (χ1n) is 7.44. The van der Waals surface area contributed by atoms with Gasteiger partial charge in [-0.05, 0) is 37.3 Å². The lowest BCUT2D eigenvalue weighted by molar-refractivity contribution is -0.113. The summed E-state index contributed by atoms with van der Waals surface area (Å²) >= 11 is 11.9. The van der Waals surface area contributed by atoms with Gasteiger partial charge < -0.3 is 14.8 Å². The summed E-state index contributed by atoms with van der Waals surface area (Å²) in [5.41, 5.74) is 1.81. The number of benzene rings is 2.